The lowest BCUT2D eigenvalue weighted by atomic mass is 10.2. The number of nitrogens with zero attached hydrogens (tertiary/aromatic N) is 1. The predicted octanol–water partition coefficient (Wildman–Crippen LogP) is 0.848. The Kier molecular flexibility index (Phi) is 2.19. The van der Waals surface area contributed by atoms with E-state index in [4.69, 9.17) is 22.4 Å². The summed E-state index contributed by atoms with van der Waals surface area (Å²) in [4.78, 5) is 14.3. The quantitative estimate of drug-likeness (QED) is 0.683. The van der Waals surface area contributed by atoms with Gasteiger partial charge in [-0.15, -0.1) is 0 Å². The number of rotatable bonds is 1. The zero-order chi connectivity index (χ0) is 9.30. The second kappa shape index (κ2) is 2.98. The fraction of sp³-hybridized carbons (Fsp3) is 0.143. The van der Waals surface area contributed by atoms with Gasteiger partial charge in [-0.3, -0.25) is 4.79 Å². The van der Waals surface area contributed by atoms with Crippen LogP contribution in [0, 0.1) is 6.92 Å². The SMILES string of the molecule is Cc1c(C(N)=O)ncc(O)c1Cl. The molecule has 0 aromatic carbocycles. The molecule has 0 aliphatic rings. The van der Waals surface area contributed by atoms with Gasteiger partial charge in [-0.2, -0.15) is 0 Å². The van der Waals surface area contributed by atoms with Crippen molar-refractivity contribution in [2.24, 2.45) is 5.73 Å². The first kappa shape index (κ1) is 8.80. The molecule has 0 radical (unpaired) electrons. The summed E-state index contributed by atoms with van der Waals surface area (Å²) in [6.45, 7) is 1.56. The molecule has 0 aliphatic heterocycles. The number of carbonyl (C=O) groups excluding carboxylic acids is 1. The molecule has 64 valence electrons. The van der Waals surface area contributed by atoms with Crippen molar-refractivity contribution in [2.45, 2.75) is 6.92 Å². The molecule has 0 atom stereocenters. The average Bonchev–Trinajstić information content (AvgIpc) is 2.00. The van der Waals surface area contributed by atoms with Gasteiger partial charge in [-0.25, -0.2) is 4.98 Å². The van der Waals surface area contributed by atoms with Gasteiger partial charge in [0.15, 0.2) is 5.75 Å². The lowest BCUT2D eigenvalue weighted by Crippen LogP contribution is -2.14. The van der Waals surface area contributed by atoms with Gasteiger partial charge in [0.25, 0.3) is 5.91 Å². The molecule has 0 bridgehead atoms. The molecule has 0 aliphatic carbocycles. The van der Waals surface area contributed by atoms with E-state index in [-0.39, 0.29) is 16.5 Å². The fourth-order valence-electron chi connectivity index (χ4n) is 0.824. The number of halogens is 1. The smallest absolute Gasteiger partial charge is 0.267 e. The monoisotopic (exact) mass is 186 g/mol. The zero-order valence-corrected chi connectivity index (χ0v) is 7.09. The summed E-state index contributed by atoms with van der Waals surface area (Å²) in [7, 11) is 0. The molecule has 0 spiro atoms. The van der Waals surface area contributed by atoms with Gasteiger partial charge >= 0.3 is 0 Å². The highest BCUT2D eigenvalue weighted by Gasteiger charge is 2.12. The molecular weight excluding hydrogens is 180 g/mol. The lowest BCUT2D eigenvalue weighted by Gasteiger charge is -2.03. The Morgan fingerprint density at radius 1 is 1.75 bits per heavy atom. The van der Waals surface area contributed by atoms with Crippen molar-refractivity contribution in [3.8, 4) is 5.75 Å². The number of amides is 1. The normalized spacial score (nSPS) is 9.83. The average molecular weight is 187 g/mol. The summed E-state index contributed by atoms with van der Waals surface area (Å²) in [5.74, 6) is -0.812. The van der Waals surface area contributed by atoms with Crippen LogP contribution in [-0.4, -0.2) is 16.0 Å². The van der Waals surface area contributed by atoms with E-state index in [2.05, 4.69) is 4.98 Å². The van der Waals surface area contributed by atoms with E-state index >= 15 is 0 Å². The Hall–Kier alpha value is -1.29. The molecule has 0 fully saturated rings. The van der Waals surface area contributed by atoms with Gasteiger partial charge in [-0.1, -0.05) is 11.6 Å². The van der Waals surface area contributed by atoms with Crippen LogP contribution in [0.15, 0.2) is 6.20 Å². The summed E-state index contributed by atoms with van der Waals surface area (Å²) in [6, 6.07) is 0. The molecule has 1 aromatic heterocycles. The van der Waals surface area contributed by atoms with Crippen molar-refractivity contribution in [1.82, 2.24) is 4.98 Å². The number of primary amides is 1. The van der Waals surface area contributed by atoms with E-state index in [0.29, 0.717) is 5.56 Å². The third kappa shape index (κ3) is 1.33. The van der Waals surface area contributed by atoms with Gasteiger partial charge in [0.2, 0.25) is 0 Å². The molecule has 0 saturated carbocycles. The zero-order valence-electron chi connectivity index (χ0n) is 6.34. The molecule has 3 N–H and O–H groups in total. The number of hydrogen-bond acceptors (Lipinski definition) is 3. The first-order valence-electron chi connectivity index (χ1n) is 3.18. The number of aromatic nitrogens is 1. The second-order valence-corrected chi connectivity index (χ2v) is 2.67. The van der Waals surface area contributed by atoms with Gasteiger partial charge in [0.05, 0.1) is 11.2 Å². The lowest BCUT2D eigenvalue weighted by molar-refractivity contribution is 0.0995. The largest absolute Gasteiger partial charge is 0.505 e. The van der Waals surface area contributed by atoms with Crippen LogP contribution in [0.3, 0.4) is 0 Å². The maximum atomic E-state index is 10.7. The number of pyridine rings is 1. The first-order valence-corrected chi connectivity index (χ1v) is 3.55. The van der Waals surface area contributed by atoms with Crippen molar-refractivity contribution in [2.75, 3.05) is 0 Å². The Labute approximate surface area is 74.0 Å². The summed E-state index contributed by atoms with van der Waals surface area (Å²) < 4.78 is 0. The van der Waals surface area contributed by atoms with Crippen molar-refractivity contribution in [3.63, 3.8) is 0 Å². The predicted molar refractivity (Wildman–Crippen MR) is 44.2 cm³/mol. The minimum absolute atomic E-state index is 0.0813. The van der Waals surface area contributed by atoms with Crippen LogP contribution >= 0.6 is 11.6 Å². The summed E-state index contributed by atoms with van der Waals surface area (Å²) in [6.07, 6.45) is 1.09. The molecule has 1 heterocycles. The van der Waals surface area contributed by atoms with Crippen LogP contribution in [0.4, 0.5) is 0 Å². The van der Waals surface area contributed by atoms with Crippen molar-refractivity contribution in [3.05, 3.63) is 22.5 Å². The summed E-state index contributed by atoms with van der Waals surface area (Å²) in [5, 5.41) is 9.17. The van der Waals surface area contributed by atoms with Gasteiger partial charge in [-0.05, 0) is 6.92 Å². The van der Waals surface area contributed by atoms with Crippen molar-refractivity contribution in [1.29, 1.82) is 0 Å². The summed E-state index contributed by atoms with van der Waals surface area (Å²) in [5.41, 5.74) is 5.47. The molecule has 0 unspecified atom stereocenters. The Morgan fingerprint density at radius 3 is 2.83 bits per heavy atom. The fourth-order valence-corrected chi connectivity index (χ4v) is 0.962. The van der Waals surface area contributed by atoms with Crippen molar-refractivity contribution < 1.29 is 9.90 Å². The molecule has 5 heteroatoms. The minimum Gasteiger partial charge on any atom is -0.505 e. The van der Waals surface area contributed by atoms with Crippen LogP contribution in [0.2, 0.25) is 5.02 Å². The van der Waals surface area contributed by atoms with Gasteiger partial charge < -0.3 is 10.8 Å². The third-order valence-corrected chi connectivity index (χ3v) is 1.94. The Balaban J connectivity index is 3.36. The number of aromatic hydroxyl groups is 1. The maximum Gasteiger partial charge on any atom is 0.267 e. The van der Waals surface area contributed by atoms with E-state index in [1.54, 1.807) is 6.92 Å². The van der Waals surface area contributed by atoms with Gasteiger partial charge in [0.1, 0.15) is 5.69 Å². The minimum atomic E-state index is -0.658. The molecule has 12 heavy (non-hydrogen) atoms. The standard InChI is InChI=1S/C7H7ClN2O2/c1-3-5(8)4(11)2-10-6(3)7(9)12/h2,11H,1H3,(H2,9,12). The van der Waals surface area contributed by atoms with E-state index in [1.807, 2.05) is 0 Å². The number of nitrogens with two attached hydrogens (primary N) is 1. The van der Waals surface area contributed by atoms with Crippen LogP contribution in [-0.2, 0) is 0 Å². The highest BCUT2D eigenvalue weighted by Crippen LogP contribution is 2.26. The molecule has 1 amide bonds. The van der Waals surface area contributed by atoms with Gasteiger partial charge in [0, 0.05) is 5.56 Å². The Bertz CT molecular complexity index is 338. The third-order valence-electron chi connectivity index (χ3n) is 1.46. The highest BCUT2D eigenvalue weighted by atomic mass is 35.5. The molecule has 1 aromatic rings. The van der Waals surface area contributed by atoms with E-state index in [9.17, 15) is 4.79 Å². The molecule has 1 rings (SSSR count). The highest BCUT2D eigenvalue weighted by molar-refractivity contribution is 6.33. The van der Waals surface area contributed by atoms with Crippen LogP contribution in [0.1, 0.15) is 16.1 Å². The topological polar surface area (TPSA) is 76.2 Å². The summed E-state index contributed by atoms with van der Waals surface area (Å²) >= 11 is 5.63. The van der Waals surface area contributed by atoms with Crippen LogP contribution in [0.5, 0.6) is 5.75 Å². The molecule has 4 nitrogen and oxygen atoms in total. The van der Waals surface area contributed by atoms with Crippen LogP contribution in [0.25, 0.3) is 0 Å². The molecular formula is C7H7ClN2O2. The number of hydrogen-bond donors (Lipinski definition) is 2. The first-order chi connectivity index (χ1) is 5.54. The van der Waals surface area contributed by atoms with E-state index < -0.39 is 5.91 Å². The Morgan fingerprint density at radius 2 is 2.33 bits per heavy atom. The molecule has 0 saturated heterocycles. The van der Waals surface area contributed by atoms with Crippen molar-refractivity contribution >= 4 is 17.5 Å². The number of carbonyl (C=O) groups is 1. The van der Waals surface area contributed by atoms with E-state index in [1.165, 1.54) is 0 Å². The van der Waals surface area contributed by atoms with Crippen LogP contribution < -0.4 is 5.73 Å². The van der Waals surface area contributed by atoms with E-state index in [0.717, 1.165) is 6.20 Å². The second-order valence-electron chi connectivity index (χ2n) is 2.30. The maximum absolute atomic E-state index is 10.7.